The molecule has 0 aliphatic carbocycles. The summed E-state index contributed by atoms with van der Waals surface area (Å²) in [6.45, 7) is 3.17. The van der Waals surface area contributed by atoms with Crippen molar-refractivity contribution < 1.29 is 0 Å². The van der Waals surface area contributed by atoms with E-state index < -0.39 is 0 Å². The van der Waals surface area contributed by atoms with Crippen molar-refractivity contribution in [2.24, 2.45) is 5.73 Å². The van der Waals surface area contributed by atoms with Crippen LogP contribution in [0.15, 0.2) is 24.3 Å². The van der Waals surface area contributed by atoms with E-state index in [2.05, 4.69) is 31.2 Å². The minimum Gasteiger partial charge on any atom is -0.330 e. The first kappa shape index (κ1) is 36.4. The molecule has 1 heteroatoms. The first-order chi connectivity index (χ1) is 18.4. The highest BCUT2D eigenvalue weighted by Crippen LogP contribution is 2.15. The fraction of sp³-hybridized carbons (Fsp3) is 0.889. The van der Waals surface area contributed by atoms with Crippen LogP contribution in [0.25, 0.3) is 0 Å². The van der Waals surface area contributed by atoms with Crippen LogP contribution in [0, 0.1) is 0 Å². The molecule has 0 aliphatic rings. The summed E-state index contributed by atoms with van der Waals surface area (Å²) in [5, 5.41) is 0. The zero-order valence-corrected chi connectivity index (χ0v) is 25.8. The second kappa shape index (κ2) is 35.4. The molecule has 0 aromatic rings. The van der Waals surface area contributed by atoms with Crippen LogP contribution in [0.2, 0.25) is 0 Å². The van der Waals surface area contributed by atoms with Gasteiger partial charge in [-0.15, -0.1) is 0 Å². The van der Waals surface area contributed by atoms with Crippen molar-refractivity contribution in [2.45, 2.75) is 200 Å². The highest BCUT2D eigenvalue weighted by Gasteiger charge is 1.95. The topological polar surface area (TPSA) is 26.0 Å². The summed E-state index contributed by atoms with van der Waals surface area (Å²) < 4.78 is 0. The monoisotopic (exact) mass is 518 g/mol. The van der Waals surface area contributed by atoms with Gasteiger partial charge >= 0.3 is 0 Å². The molecule has 2 N–H and O–H groups in total. The lowest BCUT2D eigenvalue weighted by molar-refractivity contribution is 0.525. The van der Waals surface area contributed by atoms with Gasteiger partial charge in [0.1, 0.15) is 0 Å². The first-order valence-electron chi connectivity index (χ1n) is 17.4. The molecule has 37 heavy (non-hydrogen) atoms. The van der Waals surface area contributed by atoms with Crippen LogP contribution >= 0.6 is 0 Å². The summed E-state index contributed by atoms with van der Waals surface area (Å²) in [5.41, 5.74) is 5.54. The number of nitrogens with two attached hydrogens (primary N) is 1. The SMILES string of the molecule is CCCCCCCCCCCCCCCCCCCCC=CCC=CCCCCCCCCCCCN. The molecular formula is C36H71N. The van der Waals surface area contributed by atoms with Crippen LogP contribution in [-0.2, 0) is 0 Å². The Hall–Kier alpha value is -0.560. The second-order valence-electron chi connectivity index (χ2n) is 11.7. The normalized spacial score (nSPS) is 11.9. The van der Waals surface area contributed by atoms with Gasteiger partial charge in [0.25, 0.3) is 0 Å². The molecule has 220 valence electrons. The van der Waals surface area contributed by atoms with Crippen LogP contribution in [0.5, 0.6) is 0 Å². The van der Waals surface area contributed by atoms with Crippen molar-refractivity contribution in [1.82, 2.24) is 0 Å². The van der Waals surface area contributed by atoms with E-state index >= 15 is 0 Å². The minimum atomic E-state index is 0.864. The van der Waals surface area contributed by atoms with Gasteiger partial charge in [0.2, 0.25) is 0 Å². The van der Waals surface area contributed by atoms with Crippen LogP contribution in [0.4, 0.5) is 0 Å². The van der Waals surface area contributed by atoms with Gasteiger partial charge in [-0.2, -0.15) is 0 Å². The van der Waals surface area contributed by atoms with Gasteiger partial charge in [0.05, 0.1) is 0 Å². The largest absolute Gasteiger partial charge is 0.330 e. The molecule has 0 rings (SSSR count). The number of hydrogen-bond acceptors (Lipinski definition) is 1. The quantitative estimate of drug-likeness (QED) is 0.0696. The van der Waals surface area contributed by atoms with E-state index in [1.54, 1.807) is 0 Å². The van der Waals surface area contributed by atoms with Gasteiger partial charge in [0.15, 0.2) is 0 Å². The molecule has 0 fully saturated rings. The van der Waals surface area contributed by atoms with Crippen molar-refractivity contribution >= 4 is 0 Å². The lowest BCUT2D eigenvalue weighted by Gasteiger charge is -2.03. The molecule has 0 aromatic heterocycles. The van der Waals surface area contributed by atoms with Crippen LogP contribution < -0.4 is 5.73 Å². The van der Waals surface area contributed by atoms with Gasteiger partial charge in [-0.25, -0.2) is 0 Å². The van der Waals surface area contributed by atoms with E-state index in [1.165, 1.54) is 186 Å². The van der Waals surface area contributed by atoms with Crippen LogP contribution in [0.3, 0.4) is 0 Å². The molecule has 0 aromatic carbocycles. The third kappa shape index (κ3) is 35.4. The fourth-order valence-electron chi connectivity index (χ4n) is 5.31. The Bertz CT molecular complexity index is 438. The molecule has 0 aliphatic heterocycles. The molecule has 0 radical (unpaired) electrons. The van der Waals surface area contributed by atoms with Gasteiger partial charge < -0.3 is 5.73 Å². The zero-order chi connectivity index (χ0) is 26.7. The summed E-state index contributed by atoms with van der Waals surface area (Å²) in [6, 6.07) is 0. The van der Waals surface area contributed by atoms with E-state index in [1.807, 2.05) is 0 Å². The minimum absolute atomic E-state index is 0.864. The maximum atomic E-state index is 5.54. The molecule has 0 unspecified atom stereocenters. The maximum Gasteiger partial charge on any atom is -0.00773 e. The maximum absolute atomic E-state index is 5.54. The average Bonchev–Trinajstić information content (AvgIpc) is 2.91. The lowest BCUT2D eigenvalue weighted by atomic mass is 10.0. The highest BCUT2D eigenvalue weighted by molar-refractivity contribution is 4.92. The molecule has 1 nitrogen and oxygen atoms in total. The Balaban J connectivity index is 3.13. The number of hydrogen-bond donors (Lipinski definition) is 1. The second-order valence-corrected chi connectivity index (χ2v) is 11.7. The van der Waals surface area contributed by atoms with Gasteiger partial charge in [-0.1, -0.05) is 185 Å². The fourth-order valence-corrected chi connectivity index (χ4v) is 5.31. The van der Waals surface area contributed by atoms with Crippen molar-refractivity contribution in [3.8, 4) is 0 Å². The third-order valence-corrected chi connectivity index (χ3v) is 7.90. The molecule has 0 saturated carbocycles. The number of rotatable bonds is 32. The highest BCUT2D eigenvalue weighted by atomic mass is 14.5. The van der Waals surface area contributed by atoms with Crippen LogP contribution in [-0.4, -0.2) is 6.54 Å². The Morgan fingerprint density at radius 1 is 0.324 bits per heavy atom. The lowest BCUT2D eigenvalue weighted by Crippen LogP contribution is -1.97. The number of allylic oxidation sites excluding steroid dienone is 4. The predicted molar refractivity (Wildman–Crippen MR) is 172 cm³/mol. The predicted octanol–water partition coefficient (Wildman–Crippen LogP) is 12.8. The molecule has 0 amide bonds. The smallest absolute Gasteiger partial charge is 0.00773 e. The van der Waals surface area contributed by atoms with Crippen molar-refractivity contribution in [3.63, 3.8) is 0 Å². The van der Waals surface area contributed by atoms with E-state index in [0.717, 1.165) is 13.0 Å². The Labute approximate surface area is 235 Å². The molecule has 0 heterocycles. The average molecular weight is 518 g/mol. The number of unbranched alkanes of at least 4 members (excludes halogenated alkanes) is 27. The van der Waals surface area contributed by atoms with E-state index in [-0.39, 0.29) is 0 Å². The van der Waals surface area contributed by atoms with E-state index in [0.29, 0.717) is 0 Å². The first-order valence-corrected chi connectivity index (χ1v) is 17.4. The Kier molecular flexibility index (Phi) is 34.9. The van der Waals surface area contributed by atoms with Crippen molar-refractivity contribution in [2.75, 3.05) is 6.54 Å². The summed E-state index contributed by atoms with van der Waals surface area (Å²) >= 11 is 0. The summed E-state index contributed by atoms with van der Waals surface area (Å²) in [6.07, 6.45) is 51.8. The van der Waals surface area contributed by atoms with E-state index in [9.17, 15) is 0 Å². The third-order valence-electron chi connectivity index (χ3n) is 7.90. The molecule has 0 atom stereocenters. The summed E-state index contributed by atoms with van der Waals surface area (Å²) in [5.74, 6) is 0. The summed E-state index contributed by atoms with van der Waals surface area (Å²) in [7, 11) is 0. The van der Waals surface area contributed by atoms with Gasteiger partial charge in [0, 0.05) is 0 Å². The van der Waals surface area contributed by atoms with Crippen molar-refractivity contribution in [1.29, 1.82) is 0 Å². The molecule has 0 spiro atoms. The Morgan fingerprint density at radius 2 is 0.595 bits per heavy atom. The molecule has 0 saturated heterocycles. The van der Waals surface area contributed by atoms with E-state index in [4.69, 9.17) is 5.73 Å². The Morgan fingerprint density at radius 3 is 0.892 bits per heavy atom. The summed E-state index contributed by atoms with van der Waals surface area (Å²) in [4.78, 5) is 0. The van der Waals surface area contributed by atoms with Gasteiger partial charge in [-0.05, 0) is 45.1 Å². The van der Waals surface area contributed by atoms with Crippen LogP contribution in [0.1, 0.15) is 200 Å². The zero-order valence-electron chi connectivity index (χ0n) is 25.8. The van der Waals surface area contributed by atoms with Gasteiger partial charge in [-0.3, -0.25) is 0 Å². The molecular weight excluding hydrogens is 446 g/mol. The standard InChI is InChI=1S/C36H71N/c1-2-3-4-5-6-7-8-9-10-11-12-13-14-15-16-17-18-19-20-21-22-23-24-25-26-27-28-29-30-31-32-33-34-35-36-37/h21-22,24-25H,2-20,23,26-37H2,1H3. The van der Waals surface area contributed by atoms with Crippen molar-refractivity contribution in [3.05, 3.63) is 24.3 Å². The molecule has 0 bridgehead atoms.